The van der Waals surface area contributed by atoms with Gasteiger partial charge in [0.25, 0.3) is 0 Å². The molecule has 1 aromatic rings. The third-order valence-corrected chi connectivity index (χ3v) is 6.20. The van der Waals surface area contributed by atoms with Gasteiger partial charge in [-0.15, -0.1) is 0 Å². The lowest BCUT2D eigenvalue weighted by Crippen LogP contribution is -2.53. The summed E-state index contributed by atoms with van der Waals surface area (Å²) in [4.78, 5) is 25.8. The van der Waals surface area contributed by atoms with E-state index < -0.39 is 62.8 Å². The number of carbonyl (C=O) groups is 2. The minimum atomic E-state index is -2.20. The Bertz CT molecular complexity index is 1040. The van der Waals surface area contributed by atoms with Crippen molar-refractivity contribution in [3.8, 4) is 17.2 Å². The lowest BCUT2D eigenvalue weighted by molar-refractivity contribution is -0.00672. The quantitative estimate of drug-likeness (QED) is 0.433. The van der Waals surface area contributed by atoms with Crippen LogP contribution in [-0.2, 0) is 4.74 Å². The van der Waals surface area contributed by atoms with E-state index in [0.29, 0.717) is 0 Å². The smallest absolute Gasteiger partial charge is 0.232 e. The number of ketones is 2. The van der Waals surface area contributed by atoms with Crippen molar-refractivity contribution in [2.45, 2.75) is 39.4 Å². The van der Waals surface area contributed by atoms with Gasteiger partial charge in [-0.05, 0) is 13.8 Å². The summed E-state index contributed by atoms with van der Waals surface area (Å²) in [7, 11) is 0. The summed E-state index contributed by atoms with van der Waals surface area (Å²) < 4.78 is 5.79. The monoisotopic (exact) mass is 374 g/mol. The van der Waals surface area contributed by atoms with Crippen LogP contribution in [0.5, 0.6) is 17.2 Å². The molecule has 142 valence electrons. The number of rotatable bonds is 0. The number of hydrogen-bond acceptors (Lipinski definition) is 8. The Kier molecular flexibility index (Phi) is 2.99. The second kappa shape index (κ2) is 4.64. The van der Waals surface area contributed by atoms with Crippen molar-refractivity contribution in [1.82, 2.24) is 0 Å². The van der Waals surface area contributed by atoms with Gasteiger partial charge in [-0.3, -0.25) is 9.59 Å². The maximum atomic E-state index is 13.3. The number of aromatic hydroxyl groups is 3. The molecule has 27 heavy (non-hydrogen) atoms. The molecule has 1 heterocycles. The predicted octanol–water partition coefficient (Wildman–Crippen LogP) is 1.92. The summed E-state index contributed by atoms with van der Waals surface area (Å²) in [6, 6.07) is 0. The van der Waals surface area contributed by atoms with Gasteiger partial charge < -0.3 is 30.3 Å². The molecule has 2 atom stereocenters. The standard InChI is InChI=1S/C19H18O8/c1-5-7-8-9(12(21)11(5)20)13(22)15(24)14(23)10(8)16(25)19(26)17(7)27-6(2)18(19,3)4/h6,20,22-24,26H,1-4H3. The molecule has 2 aliphatic carbocycles. The van der Waals surface area contributed by atoms with Crippen LogP contribution in [0.1, 0.15) is 54.0 Å². The molecule has 8 heteroatoms. The van der Waals surface area contributed by atoms with E-state index in [1.165, 1.54) is 6.92 Å². The molecule has 0 saturated carbocycles. The van der Waals surface area contributed by atoms with Gasteiger partial charge in [0, 0.05) is 22.1 Å². The summed E-state index contributed by atoms with van der Waals surface area (Å²) in [5, 5.41) is 52.3. The fourth-order valence-electron chi connectivity index (χ4n) is 4.09. The zero-order valence-electron chi connectivity index (χ0n) is 15.0. The largest absolute Gasteiger partial charge is 0.504 e. The minimum Gasteiger partial charge on any atom is -0.504 e. The predicted molar refractivity (Wildman–Crippen MR) is 91.6 cm³/mol. The maximum Gasteiger partial charge on any atom is 0.232 e. The Morgan fingerprint density at radius 2 is 1.48 bits per heavy atom. The van der Waals surface area contributed by atoms with Gasteiger partial charge in [-0.25, -0.2) is 0 Å². The fourth-order valence-corrected chi connectivity index (χ4v) is 4.09. The average molecular weight is 374 g/mol. The van der Waals surface area contributed by atoms with E-state index >= 15 is 0 Å². The molecular formula is C19H18O8. The number of Topliss-reactive ketones (excluding diaryl/α,β-unsaturated/α-hetero) is 2. The SMILES string of the molecule is CC1=C(O)C(=O)c2c(O)c(O)c(O)c3c2C1=C1OC(C)C(C)(C)C1(O)C3=O. The molecule has 1 fully saturated rings. The number of aliphatic hydroxyl groups is 2. The highest BCUT2D eigenvalue weighted by molar-refractivity contribution is 6.25. The first-order valence-corrected chi connectivity index (χ1v) is 8.33. The van der Waals surface area contributed by atoms with Crippen LogP contribution >= 0.6 is 0 Å². The van der Waals surface area contributed by atoms with Gasteiger partial charge in [0.15, 0.2) is 22.9 Å². The zero-order valence-corrected chi connectivity index (χ0v) is 15.0. The Morgan fingerprint density at radius 1 is 0.926 bits per heavy atom. The lowest BCUT2D eigenvalue weighted by Gasteiger charge is -2.39. The van der Waals surface area contributed by atoms with Gasteiger partial charge in [0.1, 0.15) is 11.9 Å². The second-order valence-electron chi connectivity index (χ2n) is 7.70. The Balaban J connectivity index is 2.28. The van der Waals surface area contributed by atoms with Crippen LogP contribution in [0.2, 0.25) is 0 Å². The number of hydrogen-bond donors (Lipinski definition) is 5. The van der Waals surface area contributed by atoms with E-state index in [9.17, 15) is 35.1 Å². The van der Waals surface area contributed by atoms with Gasteiger partial charge >= 0.3 is 0 Å². The highest BCUT2D eigenvalue weighted by Gasteiger charge is 2.66. The molecule has 2 unspecified atom stereocenters. The number of allylic oxidation sites excluding steroid dienone is 3. The molecule has 0 spiro atoms. The molecule has 1 aliphatic heterocycles. The number of benzene rings is 1. The Morgan fingerprint density at radius 3 is 2.07 bits per heavy atom. The van der Waals surface area contributed by atoms with Crippen LogP contribution in [0.25, 0.3) is 5.57 Å². The molecule has 0 bridgehead atoms. The van der Waals surface area contributed by atoms with Crippen LogP contribution in [0.3, 0.4) is 0 Å². The zero-order chi connectivity index (χ0) is 20.2. The molecule has 0 amide bonds. The summed E-state index contributed by atoms with van der Waals surface area (Å²) in [5.41, 5.74) is -4.44. The topological polar surface area (TPSA) is 145 Å². The highest BCUT2D eigenvalue weighted by Crippen LogP contribution is 2.61. The molecule has 1 saturated heterocycles. The van der Waals surface area contributed by atoms with E-state index in [1.807, 2.05) is 0 Å². The fraction of sp³-hybridized carbons (Fsp3) is 0.368. The highest BCUT2D eigenvalue weighted by atomic mass is 16.5. The molecule has 4 rings (SSSR count). The molecule has 3 aliphatic rings. The lowest BCUT2D eigenvalue weighted by atomic mass is 9.63. The molecule has 5 N–H and O–H groups in total. The van der Waals surface area contributed by atoms with Crippen molar-refractivity contribution < 1.29 is 39.9 Å². The number of carbonyl (C=O) groups excluding carboxylic acids is 2. The van der Waals surface area contributed by atoms with Crippen molar-refractivity contribution in [2.75, 3.05) is 0 Å². The Hall–Kier alpha value is -3.00. The van der Waals surface area contributed by atoms with Crippen molar-refractivity contribution in [3.05, 3.63) is 33.8 Å². The van der Waals surface area contributed by atoms with Crippen LogP contribution in [0.4, 0.5) is 0 Å². The average Bonchev–Trinajstić information content (AvgIpc) is 2.78. The molecule has 1 aromatic carbocycles. The number of phenols is 3. The summed E-state index contributed by atoms with van der Waals surface area (Å²) in [6.07, 6.45) is -0.622. The van der Waals surface area contributed by atoms with Gasteiger partial charge in [0.2, 0.25) is 17.3 Å². The molecule has 0 aromatic heterocycles. The van der Waals surface area contributed by atoms with E-state index in [2.05, 4.69) is 0 Å². The Labute approximate surface area is 153 Å². The number of phenolic OH excluding ortho intramolecular Hbond substituents is 3. The van der Waals surface area contributed by atoms with Gasteiger partial charge in [-0.2, -0.15) is 0 Å². The van der Waals surface area contributed by atoms with Crippen molar-refractivity contribution in [2.24, 2.45) is 5.41 Å². The van der Waals surface area contributed by atoms with Crippen LogP contribution in [0, 0.1) is 5.41 Å². The summed E-state index contributed by atoms with van der Waals surface area (Å²) in [6.45, 7) is 6.28. The van der Waals surface area contributed by atoms with E-state index in [0.717, 1.165) is 0 Å². The first-order chi connectivity index (χ1) is 12.4. The van der Waals surface area contributed by atoms with E-state index in [-0.39, 0.29) is 22.5 Å². The summed E-state index contributed by atoms with van der Waals surface area (Å²) in [5.74, 6) is -5.82. The van der Waals surface area contributed by atoms with Gasteiger partial charge in [0.05, 0.1) is 11.1 Å². The van der Waals surface area contributed by atoms with Crippen molar-refractivity contribution in [3.63, 3.8) is 0 Å². The first-order valence-electron chi connectivity index (χ1n) is 8.33. The molecule has 8 nitrogen and oxygen atoms in total. The van der Waals surface area contributed by atoms with Crippen LogP contribution in [0.15, 0.2) is 17.1 Å². The van der Waals surface area contributed by atoms with Crippen molar-refractivity contribution >= 4 is 17.1 Å². The molecular weight excluding hydrogens is 356 g/mol. The normalized spacial score (nSPS) is 28.3. The van der Waals surface area contributed by atoms with Crippen LogP contribution < -0.4 is 0 Å². The number of aliphatic hydroxyl groups excluding tert-OH is 1. The van der Waals surface area contributed by atoms with Gasteiger partial charge in [-0.1, -0.05) is 13.8 Å². The minimum absolute atomic E-state index is 0.0315. The number of ether oxygens (including phenoxy) is 1. The second-order valence-corrected chi connectivity index (χ2v) is 7.70. The maximum absolute atomic E-state index is 13.3. The third kappa shape index (κ3) is 1.58. The van der Waals surface area contributed by atoms with E-state index in [4.69, 9.17) is 4.74 Å². The third-order valence-electron chi connectivity index (χ3n) is 6.20. The van der Waals surface area contributed by atoms with E-state index in [1.54, 1.807) is 20.8 Å². The number of fused-ring (bicyclic) bond motifs is 1. The molecule has 0 radical (unpaired) electrons. The first kappa shape index (κ1) is 17.4. The van der Waals surface area contributed by atoms with Crippen LogP contribution in [-0.4, -0.2) is 48.8 Å². The summed E-state index contributed by atoms with van der Waals surface area (Å²) >= 11 is 0. The van der Waals surface area contributed by atoms with Crippen molar-refractivity contribution in [1.29, 1.82) is 0 Å².